The number of pyridine rings is 2. The smallest absolute Gasteiger partial charge is 0.409 e. The van der Waals surface area contributed by atoms with E-state index in [4.69, 9.17) is 4.74 Å². The van der Waals surface area contributed by atoms with Gasteiger partial charge in [0.15, 0.2) is 11.6 Å². The zero-order chi connectivity index (χ0) is 21.3. The zero-order valence-electron chi connectivity index (χ0n) is 17.5. The molecule has 1 amide bonds. The number of hydrogen-bond acceptors (Lipinski definition) is 7. The van der Waals surface area contributed by atoms with Crippen molar-refractivity contribution in [2.24, 2.45) is 0 Å². The molecule has 9 nitrogen and oxygen atoms in total. The van der Waals surface area contributed by atoms with Gasteiger partial charge in [-0.2, -0.15) is 0 Å². The van der Waals surface area contributed by atoms with Gasteiger partial charge in [0.05, 0.1) is 24.9 Å². The van der Waals surface area contributed by atoms with Crippen LogP contribution in [0.5, 0.6) is 0 Å². The first-order valence-corrected chi connectivity index (χ1v) is 10.5. The summed E-state index contributed by atoms with van der Waals surface area (Å²) in [5.41, 5.74) is 1.72. The maximum atomic E-state index is 12.4. The number of carbonyl (C=O) groups is 1. The van der Waals surface area contributed by atoms with E-state index in [1.165, 1.54) is 7.11 Å². The minimum absolute atomic E-state index is 0.281. The third-order valence-electron chi connectivity index (χ3n) is 6.27. The second kappa shape index (κ2) is 8.07. The molecule has 2 aliphatic rings. The highest BCUT2D eigenvalue weighted by molar-refractivity contribution is 5.68. The largest absolute Gasteiger partial charge is 0.453 e. The molecule has 3 aromatic rings. The van der Waals surface area contributed by atoms with Crippen molar-refractivity contribution in [2.75, 3.05) is 26.7 Å². The molecule has 5 rings (SSSR count). The summed E-state index contributed by atoms with van der Waals surface area (Å²) in [6.07, 6.45) is 6.83. The molecule has 0 aromatic carbocycles. The van der Waals surface area contributed by atoms with Crippen LogP contribution in [0.1, 0.15) is 24.4 Å². The lowest BCUT2D eigenvalue weighted by Crippen LogP contribution is -2.57. The first-order chi connectivity index (χ1) is 15.2. The molecule has 0 atom stereocenters. The van der Waals surface area contributed by atoms with Crippen LogP contribution >= 0.6 is 0 Å². The van der Waals surface area contributed by atoms with E-state index in [1.807, 2.05) is 36.7 Å². The van der Waals surface area contributed by atoms with Crippen LogP contribution in [0.15, 0.2) is 48.9 Å². The molecule has 1 spiro atoms. The molecule has 0 radical (unpaired) electrons. The number of amides is 1. The molecule has 31 heavy (non-hydrogen) atoms. The van der Waals surface area contributed by atoms with Gasteiger partial charge in [0.25, 0.3) is 0 Å². The van der Waals surface area contributed by atoms with E-state index < -0.39 is 0 Å². The van der Waals surface area contributed by atoms with E-state index >= 15 is 0 Å². The predicted molar refractivity (Wildman–Crippen MR) is 113 cm³/mol. The Morgan fingerprint density at radius 2 is 2.00 bits per heavy atom. The van der Waals surface area contributed by atoms with Gasteiger partial charge in [0.1, 0.15) is 0 Å². The molecule has 1 saturated heterocycles. The number of carbonyl (C=O) groups excluding carboxylic acids is 1. The SMILES string of the molecule is COC(=O)N1Cc2nnc(-c3cccnc3)n2C2(CCN(Cc3ccccn3)CC2)C1. The number of nitrogens with zero attached hydrogens (tertiary/aromatic N) is 7. The van der Waals surface area contributed by atoms with Crippen molar-refractivity contribution in [1.82, 2.24) is 34.5 Å². The van der Waals surface area contributed by atoms with Crippen LogP contribution in [0.3, 0.4) is 0 Å². The van der Waals surface area contributed by atoms with E-state index in [2.05, 4.69) is 35.7 Å². The van der Waals surface area contributed by atoms with Crippen molar-refractivity contribution >= 4 is 6.09 Å². The minimum Gasteiger partial charge on any atom is -0.453 e. The lowest BCUT2D eigenvalue weighted by atomic mass is 9.84. The second-order valence-corrected chi connectivity index (χ2v) is 8.16. The summed E-state index contributed by atoms with van der Waals surface area (Å²) < 4.78 is 7.28. The van der Waals surface area contributed by atoms with Crippen molar-refractivity contribution < 1.29 is 9.53 Å². The number of rotatable bonds is 3. The molecule has 3 aromatic heterocycles. The molecule has 0 N–H and O–H groups in total. The summed E-state index contributed by atoms with van der Waals surface area (Å²) in [7, 11) is 1.42. The Kier molecular flexibility index (Phi) is 5.11. The van der Waals surface area contributed by atoms with E-state index in [1.54, 1.807) is 11.1 Å². The number of methoxy groups -OCH3 is 1. The lowest BCUT2D eigenvalue weighted by molar-refractivity contribution is 0.0339. The Morgan fingerprint density at radius 3 is 2.71 bits per heavy atom. The van der Waals surface area contributed by atoms with Gasteiger partial charge in [-0.25, -0.2) is 4.79 Å². The summed E-state index contributed by atoms with van der Waals surface area (Å²) in [6.45, 7) is 3.59. The van der Waals surface area contributed by atoms with Gasteiger partial charge in [-0.05, 0) is 37.1 Å². The van der Waals surface area contributed by atoms with E-state index in [0.717, 1.165) is 55.4 Å². The normalized spacial score (nSPS) is 18.0. The molecule has 9 heteroatoms. The molecule has 2 aliphatic heterocycles. The highest BCUT2D eigenvalue weighted by Crippen LogP contribution is 2.39. The van der Waals surface area contributed by atoms with Crippen molar-refractivity contribution in [1.29, 1.82) is 0 Å². The van der Waals surface area contributed by atoms with Crippen LogP contribution in [0, 0.1) is 0 Å². The topological polar surface area (TPSA) is 89.3 Å². The van der Waals surface area contributed by atoms with Crippen LogP contribution in [-0.2, 0) is 23.4 Å². The van der Waals surface area contributed by atoms with Crippen LogP contribution < -0.4 is 0 Å². The lowest BCUT2D eigenvalue weighted by Gasteiger charge is -2.48. The molecule has 0 saturated carbocycles. The van der Waals surface area contributed by atoms with Gasteiger partial charge in [-0.1, -0.05) is 6.07 Å². The van der Waals surface area contributed by atoms with Crippen LogP contribution in [0.2, 0.25) is 0 Å². The predicted octanol–water partition coefficient (Wildman–Crippen LogP) is 2.31. The van der Waals surface area contributed by atoms with Gasteiger partial charge in [0.2, 0.25) is 0 Å². The van der Waals surface area contributed by atoms with E-state index in [-0.39, 0.29) is 11.6 Å². The van der Waals surface area contributed by atoms with Gasteiger partial charge in [0, 0.05) is 50.3 Å². The fourth-order valence-electron chi connectivity index (χ4n) is 4.74. The zero-order valence-corrected chi connectivity index (χ0v) is 17.5. The van der Waals surface area contributed by atoms with Gasteiger partial charge in [-0.3, -0.25) is 19.8 Å². The van der Waals surface area contributed by atoms with Crippen LogP contribution in [0.25, 0.3) is 11.4 Å². The molecular weight excluding hydrogens is 394 g/mol. The molecule has 1 fully saturated rings. The third-order valence-corrected chi connectivity index (χ3v) is 6.27. The quantitative estimate of drug-likeness (QED) is 0.644. The maximum Gasteiger partial charge on any atom is 0.409 e. The first kappa shape index (κ1) is 19.6. The van der Waals surface area contributed by atoms with Crippen molar-refractivity contribution in [3.8, 4) is 11.4 Å². The Balaban J connectivity index is 1.46. The highest BCUT2D eigenvalue weighted by Gasteiger charge is 2.45. The number of aromatic nitrogens is 5. The van der Waals surface area contributed by atoms with Crippen molar-refractivity contribution in [3.05, 3.63) is 60.4 Å². The van der Waals surface area contributed by atoms with E-state index in [0.29, 0.717) is 13.1 Å². The fraction of sp³-hybridized carbons (Fsp3) is 0.409. The van der Waals surface area contributed by atoms with Crippen molar-refractivity contribution in [3.63, 3.8) is 0 Å². The number of hydrogen-bond donors (Lipinski definition) is 0. The molecule has 160 valence electrons. The molecule has 0 unspecified atom stereocenters. The van der Waals surface area contributed by atoms with Gasteiger partial charge in [-0.15, -0.1) is 10.2 Å². The number of piperidine rings is 1. The Morgan fingerprint density at radius 1 is 1.13 bits per heavy atom. The molecule has 5 heterocycles. The summed E-state index contributed by atoms with van der Waals surface area (Å²) in [6, 6.07) is 9.92. The minimum atomic E-state index is -0.326. The molecule has 0 aliphatic carbocycles. The monoisotopic (exact) mass is 419 g/mol. The Labute approximate surface area is 180 Å². The van der Waals surface area contributed by atoms with Crippen LogP contribution in [0.4, 0.5) is 4.79 Å². The number of fused-ring (bicyclic) bond motifs is 2. The second-order valence-electron chi connectivity index (χ2n) is 8.16. The van der Waals surface area contributed by atoms with Crippen LogP contribution in [-0.4, -0.2) is 67.4 Å². The number of ether oxygens (including phenoxy) is 1. The number of likely N-dealkylation sites (tertiary alicyclic amines) is 1. The Hall–Kier alpha value is -3.33. The average Bonchev–Trinajstić information content (AvgIpc) is 3.26. The van der Waals surface area contributed by atoms with Gasteiger partial charge < -0.3 is 9.30 Å². The summed E-state index contributed by atoms with van der Waals surface area (Å²) in [5, 5.41) is 8.94. The fourth-order valence-corrected chi connectivity index (χ4v) is 4.74. The molecular formula is C22H25N7O2. The first-order valence-electron chi connectivity index (χ1n) is 10.5. The average molecular weight is 419 g/mol. The summed E-state index contributed by atoms with van der Waals surface area (Å²) in [4.78, 5) is 25.3. The van der Waals surface area contributed by atoms with Gasteiger partial charge >= 0.3 is 6.09 Å². The van der Waals surface area contributed by atoms with Crippen molar-refractivity contribution in [2.45, 2.75) is 31.5 Å². The Bertz CT molecular complexity index is 1050. The highest BCUT2D eigenvalue weighted by atomic mass is 16.5. The third kappa shape index (κ3) is 3.65. The maximum absolute atomic E-state index is 12.4. The standard InChI is InChI=1S/C22H25N7O2/c1-31-21(30)28-15-19-25-26-20(17-5-4-9-23-13-17)29(19)22(16-28)7-11-27(12-8-22)14-18-6-2-3-10-24-18/h2-6,9-10,13H,7-8,11-12,14-16H2,1H3. The summed E-state index contributed by atoms with van der Waals surface area (Å²) in [5.74, 6) is 1.60. The molecule has 0 bridgehead atoms. The summed E-state index contributed by atoms with van der Waals surface area (Å²) >= 11 is 0. The van der Waals surface area contributed by atoms with E-state index in [9.17, 15) is 4.79 Å².